The van der Waals surface area contributed by atoms with Crippen LogP contribution in [0.5, 0.6) is 0 Å². The molecule has 3 N–H and O–H groups in total. The molecule has 0 bridgehead atoms. The van der Waals surface area contributed by atoms with Crippen LogP contribution in [0.2, 0.25) is 0 Å². The van der Waals surface area contributed by atoms with Crippen LogP contribution in [-0.4, -0.2) is 16.5 Å². The Labute approximate surface area is 183 Å². The number of nitrogens with zero attached hydrogens (tertiary/aromatic N) is 3. The molecule has 156 valence electrons. The summed E-state index contributed by atoms with van der Waals surface area (Å²) in [5.41, 5.74) is 11.7. The molecule has 4 rings (SSSR count). The molecule has 0 amide bonds. The van der Waals surface area contributed by atoms with Gasteiger partial charge in [-0.3, -0.25) is 0 Å². The summed E-state index contributed by atoms with van der Waals surface area (Å²) >= 11 is 0. The summed E-state index contributed by atoms with van der Waals surface area (Å²) in [7, 11) is 0. The standard InChI is InChI=1S/C26H27N5/c1-3-31(22-16-10-11-19(2)17-22)26-23(27)25(28-18-29-26)30-24(20-12-6-4-7-13-20)21-14-8-5-9-15-21/h4-18,24H,3,27H2,1-2H3,(H,28,29,30). The molecule has 0 unspecified atom stereocenters. The zero-order valence-corrected chi connectivity index (χ0v) is 17.9. The van der Waals surface area contributed by atoms with Crippen molar-refractivity contribution >= 4 is 23.0 Å². The first-order chi connectivity index (χ1) is 15.2. The summed E-state index contributed by atoms with van der Waals surface area (Å²) in [6, 6.07) is 28.9. The SMILES string of the molecule is CCN(c1cccc(C)c1)c1ncnc(NC(c2ccccc2)c2ccccc2)c1N. The average Bonchev–Trinajstić information content (AvgIpc) is 2.81. The Kier molecular flexibility index (Phi) is 6.13. The Bertz CT molecular complexity index is 1090. The van der Waals surface area contributed by atoms with Crippen molar-refractivity contribution in [1.29, 1.82) is 0 Å². The number of benzene rings is 3. The number of aryl methyl sites for hydroxylation is 1. The van der Waals surface area contributed by atoms with Crippen molar-refractivity contribution in [1.82, 2.24) is 9.97 Å². The average molecular weight is 410 g/mol. The molecule has 0 aliphatic heterocycles. The molecule has 5 nitrogen and oxygen atoms in total. The van der Waals surface area contributed by atoms with Crippen LogP contribution in [0, 0.1) is 6.92 Å². The predicted octanol–water partition coefficient (Wildman–Crippen LogP) is 5.73. The molecule has 5 heteroatoms. The molecule has 0 saturated heterocycles. The smallest absolute Gasteiger partial charge is 0.161 e. The van der Waals surface area contributed by atoms with E-state index in [9.17, 15) is 0 Å². The molecular weight excluding hydrogens is 382 g/mol. The summed E-state index contributed by atoms with van der Waals surface area (Å²) < 4.78 is 0. The number of nitrogens with two attached hydrogens (primary N) is 1. The van der Waals surface area contributed by atoms with Crippen molar-refractivity contribution in [2.24, 2.45) is 0 Å². The molecular formula is C26H27N5. The number of hydrogen-bond donors (Lipinski definition) is 2. The molecule has 3 aromatic carbocycles. The molecule has 0 fully saturated rings. The summed E-state index contributed by atoms with van der Waals surface area (Å²) in [6.45, 7) is 4.91. The minimum absolute atomic E-state index is 0.0819. The van der Waals surface area contributed by atoms with E-state index in [1.54, 1.807) is 6.33 Å². The number of hydrogen-bond acceptors (Lipinski definition) is 5. The lowest BCUT2D eigenvalue weighted by atomic mass is 9.99. The van der Waals surface area contributed by atoms with Crippen molar-refractivity contribution in [3.05, 3.63) is 108 Å². The van der Waals surface area contributed by atoms with Gasteiger partial charge in [-0.15, -0.1) is 0 Å². The number of nitrogens with one attached hydrogen (secondary N) is 1. The topological polar surface area (TPSA) is 67.1 Å². The van der Waals surface area contributed by atoms with Gasteiger partial charge in [0.25, 0.3) is 0 Å². The van der Waals surface area contributed by atoms with Gasteiger partial charge in [-0.25, -0.2) is 9.97 Å². The van der Waals surface area contributed by atoms with Crippen molar-refractivity contribution < 1.29 is 0 Å². The molecule has 0 spiro atoms. The van der Waals surface area contributed by atoms with Crippen LogP contribution in [0.4, 0.5) is 23.0 Å². The zero-order chi connectivity index (χ0) is 21.6. The summed E-state index contributed by atoms with van der Waals surface area (Å²) in [6.07, 6.45) is 1.57. The fraction of sp³-hybridized carbons (Fsp3) is 0.154. The second-order valence-corrected chi connectivity index (χ2v) is 7.44. The largest absolute Gasteiger partial charge is 0.393 e. The van der Waals surface area contributed by atoms with Crippen LogP contribution in [-0.2, 0) is 0 Å². The fourth-order valence-electron chi connectivity index (χ4n) is 3.75. The van der Waals surface area contributed by atoms with Gasteiger partial charge >= 0.3 is 0 Å². The Hall–Kier alpha value is -3.86. The summed E-state index contributed by atoms with van der Waals surface area (Å²) in [4.78, 5) is 11.1. The lowest BCUT2D eigenvalue weighted by Crippen LogP contribution is -2.21. The van der Waals surface area contributed by atoms with E-state index in [-0.39, 0.29) is 6.04 Å². The molecule has 0 atom stereocenters. The third-order valence-corrected chi connectivity index (χ3v) is 5.29. The molecule has 31 heavy (non-hydrogen) atoms. The van der Waals surface area contributed by atoms with Crippen LogP contribution < -0.4 is 16.0 Å². The van der Waals surface area contributed by atoms with E-state index in [1.165, 1.54) is 5.56 Å². The van der Waals surface area contributed by atoms with Crippen LogP contribution in [0.1, 0.15) is 29.7 Å². The van der Waals surface area contributed by atoms with Crippen LogP contribution in [0.25, 0.3) is 0 Å². The highest BCUT2D eigenvalue weighted by Gasteiger charge is 2.20. The van der Waals surface area contributed by atoms with E-state index in [1.807, 2.05) is 42.5 Å². The highest BCUT2D eigenvalue weighted by molar-refractivity contribution is 5.79. The van der Waals surface area contributed by atoms with Gasteiger partial charge in [0, 0.05) is 12.2 Å². The predicted molar refractivity (Wildman–Crippen MR) is 129 cm³/mol. The minimum atomic E-state index is -0.0819. The molecule has 0 saturated carbocycles. The first-order valence-corrected chi connectivity index (χ1v) is 10.5. The van der Waals surface area contributed by atoms with Crippen molar-refractivity contribution in [2.45, 2.75) is 19.9 Å². The van der Waals surface area contributed by atoms with Gasteiger partial charge in [0.2, 0.25) is 0 Å². The minimum Gasteiger partial charge on any atom is -0.393 e. The summed E-state index contributed by atoms with van der Waals surface area (Å²) in [5.74, 6) is 1.32. The van der Waals surface area contributed by atoms with Crippen LogP contribution in [0.3, 0.4) is 0 Å². The van der Waals surface area contributed by atoms with Gasteiger partial charge in [-0.05, 0) is 42.7 Å². The Morgan fingerprint density at radius 1 is 0.871 bits per heavy atom. The highest BCUT2D eigenvalue weighted by atomic mass is 15.2. The van der Waals surface area contributed by atoms with Crippen molar-refractivity contribution in [2.75, 3.05) is 22.5 Å². The van der Waals surface area contributed by atoms with Crippen molar-refractivity contribution in [3.63, 3.8) is 0 Å². The highest BCUT2D eigenvalue weighted by Crippen LogP contribution is 2.34. The third kappa shape index (κ3) is 4.51. The van der Waals surface area contributed by atoms with E-state index in [4.69, 9.17) is 5.73 Å². The van der Waals surface area contributed by atoms with E-state index in [0.29, 0.717) is 17.3 Å². The maximum Gasteiger partial charge on any atom is 0.161 e. The monoisotopic (exact) mass is 409 g/mol. The van der Waals surface area contributed by atoms with Gasteiger partial charge in [-0.1, -0.05) is 72.8 Å². The van der Waals surface area contributed by atoms with Gasteiger partial charge in [0.05, 0.1) is 6.04 Å². The molecule has 0 aliphatic carbocycles. The van der Waals surface area contributed by atoms with Crippen LogP contribution in [0.15, 0.2) is 91.3 Å². The quantitative estimate of drug-likeness (QED) is 0.408. The molecule has 0 radical (unpaired) electrons. The molecule has 0 aliphatic rings. The van der Waals surface area contributed by atoms with E-state index in [2.05, 4.69) is 76.5 Å². The lowest BCUT2D eigenvalue weighted by molar-refractivity contribution is 0.917. The van der Waals surface area contributed by atoms with Gasteiger partial charge in [0.15, 0.2) is 11.6 Å². The number of aromatic nitrogens is 2. The number of nitrogen functional groups attached to an aromatic ring is 1. The number of anilines is 4. The maximum atomic E-state index is 6.61. The van der Waals surface area contributed by atoms with Gasteiger partial charge < -0.3 is 16.0 Å². The van der Waals surface area contributed by atoms with Gasteiger partial charge in [0.1, 0.15) is 12.0 Å². The normalized spacial score (nSPS) is 10.8. The Morgan fingerprint density at radius 3 is 2.10 bits per heavy atom. The Balaban J connectivity index is 1.73. The first-order valence-electron chi connectivity index (χ1n) is 10.5. The maximum absolute atomic E-state index is 6.61. The number of rotatable bonds is 7. The summed E-state index contributed by atoms with van der Waals surface area (Å²) in [5, 5.41) is 3.56. The van der Waals surface area contributed by atoms with E-state index < -0.39 is 0 Å². The second-order valence-electron chi connectivity index (χ2n) is 7.44. The van der Waals surface area contributed by atoms with Crippen molar-refractivity contribution in [3.8, 4) is 0 Å². The third-order valence-electron chi connectivity index (χ3n) is 5.29. The second kappa shape index (κ2) is 9.30. The zero-order valence-electron chi connectivity index (χ0n) is 17.9. The molecule has 1 heterocycles. The van der Waals surface area contributed by atoms with Crippen LogP contribution >= 0.6 is 0 Å². The van der Waals surface area contributed by atoms with E-state index >= 15 is 0 Å². The molecule has 1 aromatic heterocycles. The Morgan fingerprint density at radius 2 is 1.52 bits per heavy atom. The lowest BCUT2D eigenvalue weighted by Gasteiger charge is -2.26. The fourth-order valence-corrected chi connectivity index (χ4v) is 3.75. The van der Waals surface area contributed by atoms with Gasteiger partial charge in [-0.2, -0.15) is 0 Å². The first kappa shape index (κ1) is 20.4. The van der Waals surface area contributed by atoms with E-state index in [0.717, 1.165) is 23.4 Å². The molecule has 4 aromatic rings.